The van der Waals surface area contributed by atoms with Gasteiger partial charge in [0.05, 0.1) is 24.9 Å². The zero-order valence-electron chi connectivity index (χ0n) is 31.4. The largest absolute Gasteiger partial charge is 0.469 e. The van der Waals surface area contributed by atoms with Crippen LogP contribution in [0.5, 0.6) is 0 Å². The van der Waals surface area contributed by atoms with E-state index in [0.717, 1.165) is 44.4 Å². The second-order valence-corrected chi connectivity index (χ2v) is 15.5. The Morgan fingerprint density at radius 2 is 1.47 bits per heavy atom. The molecule has 5 N–H and O–H groups in total. The summed E-state index contributed by atoms with van der Waals surface area (Å²) in [5, 5.41) is 30.8. The lowest BCUT2D eigenvalue weighted by Gasteiger charge is -2.36. The molecule has 0 saturated carbocycles. The van der Waals surface area contributed by atoms with Crippen LogP contribution in [-0.2, 0) is 32.9 Å². The Morgan fingerprint density at radius 1 is 0.843 bits per heavy atom. The lowest BCUT2D eigenvalue weighted by molar-refractivity contribution is -0.199. The molecule has 0 aromatic carbocycles. The van der Waals surface area contributed by atoms with Crippen molar-refractivity contribution in [2.45, 2.75) is 180 Å². The molecule has 1 unspecified atom stereocenters. The van der Waals surface area contributed by atoms with Gasteiger partial charge in [0.2, 0.25) is 0 Å². The number of hydrogen-bond acceptors (Lipinski definition) is 10. The third kappa shape index (κ3) is 26.7. The smallest absolute Gasteiger partial charge is 0.462 e. The Labute approximate surface area is 306 Å². The van der Waals surface area contributed by atoms with Gasteiger partial charge in [-0.1, -0.05) is 122 Å². The van der Waals surface area contributed by atoms with Gasteiger partial charge in [0, 0.05) is 25.2 Å². The number of aliphatic hydroxyl groups excluding tert-OH is 3. The molecule has 6 atom stereocenters. The van der Waals surface area contributed by atoms with Crippen molar-refractivity contribution < 1.29 is 58.0 Å². The number of aliphatic hydroxyl groups is 3. The van der Waals surface area contributed by atoms with Crippen molar-refractivity contribution in [3.63, 3.8) is 0 Å². The molecule has 1 aliphatic rings. The Bertz CT molecular complexity index is 1010. The van der Waals surface area contributed by atoms with Crippen molar-refractivity contribution in [3.8, 4) is 0 Å². The van der Waals surface area contributed by atoms with Crippen LogP contribution in [0.15, 0.2) is 24.3 Å². The topological polar surface area (TPSA) is 189 Å². The lowest BCUT2D eigenvalue weighted by atomic mass is 9.87. The minimum Gasteiger partial charge on any atom is -0.462 e. The summed E-state index contributed by atoms with van der Waals surface area (Å²) >= 11 is 0. The van der Waals surface area contributed by atoms with E-state index in [1.165, 1.54) is 38.5 Å². The highest BCUT2D eigenvalue weighted by atomic mass is 31.2. The van der Waals surface area contributed by atoms with Crippen molar-refractivity contribution in [2.24, 2.45) is 11.8 Å². The number of phosphoric ester groups is 1. The lowest BCUT2D eigenvalue weighted by Crippen LogP contribution is -2.43. The van der Waals surface area contributed by atoms with E-state index in [1.54, 1.807) is 12.2 Å². The molecule has 1 fully saturated rings. The van der Waals surface area contributed by atoms with Gasteiger partial charge < -0.3 is 39.3 Å². The van der Waals surface area contributed by atoms with Crippen LogP contribution in [0.1, 0.15) is 149 Å². The minimum absolute atomic E-state index is 0.0191. The highest BCUT2D eigenvalue weighted by Crippen LogP contribution is 2.36. The molecule has 0 radical (unpaired) electrons. The molecule has 0 aromatic heterocycles. The van der Waals surface area contributed by atoms with Gasteiger partial charge in [0.25, 0.3) is 0 Å². The summed E-state index contributed by atoms with van der Waals surface area (Å²) in [5.74, 6) is -0.632. The van der Waals surface area contributed by atoms with Gasteiger partial charge in [0.1, 0.15) is 6.61 Å². The Hall–Kier alpha value is -1.63. The molecule has 13 heteroatoms. The number of allylic oxidation sites excluding steroid dienone is 2. The number of esters is 2. The monoisotopic (exact) mass is 748 g/mol. The van der Waals surface area contributed by atoms with E-state index in [2.05, 4.69) is 25.3 Å². The molecule has 0 aromatic rings. The Balaban J connectivity index is 2.39. The number of ether oxygens (including phenoxy) is 3. The van der Waals surface area contributed by atoms with E-state index in [0.29, 0.717) is 32.1 Å². The predicted octanol–water partition coefficient (Wildman–Crippen LogP) is 7.20. The van der Waals surface area contributed by atoms with Crippen LogP contribution in [-0.4, -0.2) is 81.0 Å². The molecular formula is C38H69O12P. The highest BCUT2D eigenvalue weighted by molar-refractivity contribution is 7.46. The molecule has 298 valence electrons. The first-order valence-electron chi connectivity index (χ1n) is 19.4. The van der Waals surface area contributed by atoms with Crippen LogP contribution in [0.25, 0.3) is 0 Å². The Kier molecular flexibility index (Phi) is 26.8. The van der Waals surface area contributed by atoms with Crippen molar-refractivity contribution >= 4 is 19.8 Å². The molecule has 1 heterocycles. The summed E-state index contributed by atoms with van der Waals surface area (Å²) in [7, 11) is -4.83. The zero-order valence-corrected chi connectivity index (χ0v) is 32.3. The summed E-state index contributed by atoms with van der Waals surface area (Å²) in [5.41, 5.74) is 0. The van der Waals surface area contributed by atoms with Crippen LogP contribution in [0.3, 0.4) is 0 Å². The number of rotatable bonds is 30. The third-order valence-electron chi connectivity index (χ3n) is 8.95. The molecule has 0 amide bonds. The Morgan fingerprint density at radius 3 is 2.12 bits per heavy atom. The molecule has 12 nitrogen and oxygen atoms in total. The first-order chi connectivity index (χ1) is 24.3. The second-order valence-electron chi connectivity index (χ2n) is 14.3. The van der Waals surface area contributed by atoms with Crippen LogP contribution >= 0.6 is 7.82 Å². The van der Waals surface area contributed by atoms with Crippen LogP contribution < -0.4 is 0 Å². The quantitative estimate of drug-likeness (QED) is 0.0215. The maximum atomic E-state index is 12.5. The summed E-state index contributed by atoms with van der Waals surface area (Å²) in [4.78, 5) is 42.9. The van der Waals surface area contributed by atoms with Gasteiger partial charge in [-0.05, 0) is 38.0 Å². The molecule has 0 bridgehead atoms. The average Bonchev–Trinajstić information content (AvgIpc) is 3.05. The number of carbonyl (C=O) groups is 2. The van der Waals surface area contributed by atoms with E-state index in [-0.39, 0.29) is 31.8 Å². The van der Waals surface area contributed by atoms with Gasteiger partial charge >= 0.3 is 19.8 Å². The average molecular weight is 749 g/mol. The minimum atomic E-state index is -4.83. The zero-order chi connectivity index (χ0) is 37.9. The maximum Gasteiger partial charge on any atom is 0.469 e. The van der Waals surface area contributed by atoms with Gasteiger partial charge in [-0.2, -0.15) is 0 Å². The number of unbranched alkanes of at least 4 members (excludes halogenated alkanes) is 11. The van der Waals surface area contributed by atoms with Gasteiger partial charge in [-0.25, -0.2) is 4.57 Å². The van der Waals surface area contributed by atoms with E-state index < -0.39 is 57.1 Å². The standard InChI is InChI=1S/C38H69O12P/c1-4-5-15-21-31(39)25-26-35-33(34(40)27-38(43)50-35)22-17-13-14-19-24-37(42)49-32(29-48-51(44,45)46)28-47-36(41)23-18-12-10-8-6-7-9-11-16-20-30(2)3/h13,17,25-26,30-35,38-40,43H,4-12,14-16,18-24,27-29H2,1-3H3,(H2,44,45,46)/b17-13-,26-25+/t31-,32+,33-,34-,35+,38?/m0/s1. The molecule has 51 heavy (non-hydrogen) atoms. The molecule has 1 aliphatic heterocycles. The molecule has 1 saturated heterocycles. The van der Waals surface area contributed by atoms with Crippen molar-refractivity contribution in [2.75, 3.05) is 13.2 Å². The summed E-state index contributed by atoms with van der Waals surface area (Å²) in [6, 6.07) is 0. The van der Waals surface area contributed by atoms with Gasteiger partial charge in [0.15, 0.2) is 12.4 Å². The van der Waals surface area contributed by atoms with Gasteiger partial charge in [-0.3, -0.25) is 14.1 Å². The molecule has 0 aliphatic carbocycles. The van der Waals surface area contributed by atoms with E-state index >= 15 is 0 Å². The van der Waals surface area contributed by atoms with E-state index in [4.69, 9.17) is 24.0 Å². The fourth-order valence-corrected chi connectivity index (χ4v) is 6.31. The number of phosphoric acid groups is 1. The third-order valence-corrected chi connectivity index (χ3v) is 9.43. The number of carbonyl (C=O) groups excluding carboxylic acids is 2. The van der Waals surface area contributed by atoms with Crippen LogP contribution in [0, 0.1) is 11.8 Å². The van der Waals surface area contributed by atoms with E-state index in [9.17, 15) is 29.5 Å². The fraction of sp³-hybridized carbons (Fsp3) is 0.842. The summed E-state index contributed by atoms with van der Waals surface area (Å²) < 4.78 is 31.9. The van der Waals surface area contributed by atoms with Gasteiger partial charge in [-0.15, -0.1) is 0 Å². The van der Waals surface area contributed by atoms with Crippen LogP contribution in [0.2, 0.25) is 0 Å². The SMILES string of the molecule is CCCCC[C@H](O)/C=C/[C@H]1OC(O)C[C@H](O)[C@@H]1C/C=C\CCCC(=O)O[C@H](COC(=O)CCCCCCCCCCCC(C)C)COP(=O)(O)O. The summed E-state index contributed by atoms with van der Waals surface area (Å²) in [6.45, 7) is 5.62. The maximum absolute atomic E-state index is 12.5. The summed E-state index contributed by atoms with van der Waals surface area (Å²) in [6.07, 6.45) is 19.7. The van der Waals surface area contributed by atoms with E-state index in [1.807, 2.05) is 12.2 Å². The van der Waals surface area contributed by atoms with Crippen LogP contribution in [0.4, 0.5) is 0 Å². The second kappa shape index (κ2) is 28.8. The van der Waals surface area contributed by atoms with Crippen molar-refractivity contribution in [3.05, 3.63) is 24.3 Å². The number of hydrogen-bond donors (Lipinski definition) is 5. The molecule has 0 spiro atoms. The molecular weight excluding hydrogens is 679 g/mol. The van der Waals surface area contributed by atoms with Crippen molar-refractivity contribution in [1.29, 1.82) is 0 Å². The predicted molar refractivity (Wildman–Crippen MR) is 196 cm³/mol. The van der Waals surface area contributed by atoms with Crippen molar-refractivity contribution in [1.82, 2.24) is 0 Å². The highest BCUT2D eigenvalue weighted by Gasteiger charge is 2.35. The first-order valence-corrected chi connectivity index (χ1v) is 20.9. The fourth-order valence-electron chi connectivity index (χ4n) is 5.95. The first kappa shape index (κ1) is 47.4. The normalized spacial score (nSPS) is 21.0. The molecule has 1 rings (SSSR count).